The average Bonchev–Trinajstić information content (AvgIpc) is 2.19. The van der Waals surface area contributed by atoms with Crippen LogP contribution in [-0.4, -0.2) is 13.1 Å². The van der Waals surface area contributed by atoms with Gasteiger partial charge in [0.15, 0.2) is 0 Å². The highest BCUT2D eigenvalue weighted by Gasteiger charge is 1.98. The molecule has 0 N–H and O–H groups in total. The first kappa shape index (κ1) is 10.3. The van der Waals surface area contributed by atoms with Crippen LogP contribution in [0.15, 0.2) is 18.2 Å². The second-order valence-electron chi connectivity index (χ2n) is 2.72. The highest BCUT2D eigenvalue weighted by molar-refractivity contribution is 5.89. The minimum Gasteiger partial charge on any atom is -0.459 e. The van der Waals surface area contributed by atoms with Crippen LogP contribution in [-0.2, 0) is 9.53 Å². The molecule has 1 aromatic rings. The second kappa shape index (κ2) is 4.43. The maximum Gasteiger partial charge on any atom is 0.384 e. The number of hydrogen-bond donors (Lipinski definition) is 0. The van der Waals surface area contributed by atoms with Crippen LogP contribution in [0.5, 0.6) is 0 Å². The summed E-state index contributed by atoms with van der Waals surface area (Å²) < 4.78 is 17.4. The third-order valence-electron chi connectivity index (χ3n) is 1.61. The Bertz CT molecular complexity index is 413. The lowest BCUT2D eigenvalue weighted by atomic mass is 10.1. The number of esters is 1. The number of benzene rings is 1. The van der Waals surface area contributed by atoms with Crippen molar-refractivity contribution >= 4 is 5.97 Å². The van der Waals surface area contributed by atoms with Gasteiger partial charge >= 0.3 is 5.97 Å². The van der Waals surface area contributed by atoms with Crippen LogP contribution in [0.3, 0.4) is 0 Å². The van der Waals surface area contributed by atoms with E-state index in [0.717, 1.165) is 5.56 Å². The molecule has 2 nitrogen and oxygen atoms in total. The van der Waals surface area contributed by atoms with Crippen molar-refractivity contribution < 1.29 is 13.9 Å². The number of methoxy groups -OCH3 is 1. The van der Waals surface area contributed by atoms with Gasteiger partial charge in [0, 0.05) is 5.92 Å². The van der Waals surface area contributed by atoms with E-state index in [1.54, 1.807) is 12.1 Å². The lowest BCUT2D eigenvalue weighted by Crippen LogP contribution is -1.95. The molecule has 0 unspecified atom stereocenters. The fourth-order valence-electron chi connectivity index (χ4n) is 0.904. The van der Waals surface area contributed by atoms with E-state index in [2.05, 4.69) is 16.6 Å². The number of rotatable bonds is 0. The maximum absolute atomic E-state index is 13.1. The van der Waals surface area contributed by atoms with Gasteiger partial charge in [0.05, 0.1) is 12.7 Å². The summed E-state index contributed by atoms with van der Waals surface area (Å²) in [6.45, 7) is 1.82. The van der Waals surface area contributed by atoms with Gasteiger partial charge in [-0.15, -0.1) is 0 Å². The molecule has 1 rings (SSSR count). The third kappa shape index (κ3) is 2.60. The average molecular weight is 192 g/mol. The van der Waals surface area contributed by atoms with Crippen LogP contribution in [0.4, 0.5) is 4.39 Å². The largest absolute Gasteiger partial charge is 0.459 e. The highest BCUT2D eigenvalue weighted by atomic mass is 19.1. The Morgan fingerprint density at radius 2 is 2.21 bits per heavy atom. The first-order chi connectivity index (χ1) is 6.63. The van der Waals surface area contributed by atoms with Crippen LogP contribution >= 0.6 is 0 Å². The predicted molar refractivity (Wildman–Crippen MR) is 50.0 cm³/mol. The van der Waals surface area contributed by atoms with Gasteiger partial charge in [0.25, 0.3) is 0 Å². The first-order valence-electron chi connectivity index (χ1n) is 3.99. The van der Waals surface area contributed by atoms with Crippen molar-refractivity contribution in [3.8, 4) is 11.8 Å². The van der Waals surface area contributed by atoms with Gasteiger partial charge in [-0.3, -0.25) is 0 Å². The normalized spacial score (nSPS) is 8.79. The number of carbonyl (C=O) groups is 1. The smallest absolute Gasteiger partial charge is 0.384 e. The van der Waals surface area contributed by atoms with Crippen molar-refractivity contribution in [2.45, 2.75) is 6.92 Å². The molecule has 3 heteroatoms. The van der Waals surface area contributed by atoms with Gasteiger partial charge in [-0.1, -0.05) is 12.0 Å². The molecule has 0 heterocycles. The van der Waals surface area contributed by atoms with Gasteiger partial charge in [0.1, 0.15) is 5.82 Å². The Morgan fingerprint density at radius 1 is 1.50 bits per heavy atom. The molecular weight excluding hydrogens is 183 g/mol. The molecule has 0 aliphatic rings. The van der Waals surface area contributed by atoms with E-state index in [4.69, 9.17) is 0 Å². The standard InChI is InChI=1S/C11H9FO2/c1-8-3-5-10(12)9(7-8)4-6-11(13)14-2/h3,5,7H,1-2H3. The van der Waals surface area contributed by atoms with Crippen molar-refractivity contribution in [1.29, 1.82) is 0 Å². The van der Waals surface area contributed by atoms with E-state index in [1.165, 1.54) is 13.2 Å². The van der Waals surface area contributed by atoms with Gasteiger partial charge in [-0.05, 0) is 24.6 Å². The van der Waals surface area contributed by atoms with Gasteiger partial charge < -0.3 is 4.74 Å². The Kier molecular flexibility index (Phi) is 3.24. The second-order valence-corrected chi connectivity index (χ2v) is 2.72. The number of halogens is 1. The van der Waals surface area contributed by atoms with Crippen molar-refractivity contribution in [3.63, 3.8) is 0 Å². The molecule has 0 amide bonds. The number of hydrogen-bond acceptors (Lipinski definition) is 2. The molecule has 1 aromatic carbocycles. The molecule has 0 aliphatic carbocycles. The zero-order chi connectivity index (χ0) is 10.6. The van der Waals surface area contributed by atoms with Crippen LogP contribution < -0.4 is 0 Å². The van der Waals surface area contributed by atoms with Crippen LogP contribution in [0.2, 0.25) is 0 Å². The minimum atomic E-state index is -0.675. The number of ether oxygens (including phenoxy) is 1. The highest BCUT2D eigenvalue weighted by Crippen LogP contribution is 2.07. The van der Waals surface area contributed by atoms with Crippen LogP contribution in [0.1, 0.15) is 11.1 Å². The Labute approximate surface area is 81.7 Å². The monoisotopic (exact) mass is 192 g/mol. The van der Waals surface area contributed by atoms with E-state index in [-0.39, 0.29) is 5.56 Å². The fourth-order valence-corrected chi connectivity index (χ4v) is 0.904. The zero-order valence-electron chi connectivity index (χ0n) is 7.93. The van der Waals surface area contributed by atoms with Crippen molar-refractivity contribution in [1.82, 2.24) is 0 Å². The van der Waals surface area contributed by atoms with Gasteiger partial charge in [0.2, 0.25) is 0 Å². The fraction of sp³-hybridized carbons (Fsp3) is 0.182. The summed E-state index contributed by atoms with van der Waals surface area (Å²) in [7, 11) is 1.23. The molecule has 0 aliphatic heterocycles. The summed E-state index contributed by atoms with van der Waals surface area (Å²) in [5.74, 6) is 3.46. The lowest BCUT2D eigenvalue weighted by Gasteiger charge is -1.95. The summed E-state index contributed by atoms with van der Waals surface area (Å²) in [6.07, 6.45) is 0. The lowest BCUT2D eigenvalue weighted by molar-refractivity contribution is -0.133. The van der Waals surface area contributed by atoms with Gasteiger partial charge in [-0.25, -0.2) is 9.18 Å². The third-order valence-corrected chi connectivity index (χ3v) is 1.61. The first-order valence-corrected chi connectivity index (χ1v) is 3.99. The van der Waals surface area contributed by atoms with E-state index < -0.39 is 11.8 Å². The summed E-state index contributed by atoms with van der Waals surface area (Å²) >= 11 is 0. The van der Waals surface area contributed by atoms with Crippen molar-refractivity contribution in [2.24, 2.45) is 0 Å². The topological polar surface area (TPSA) is 26.3 Å². The number of aryl methyl sites for hydroxylation is 1. The van der Waals surface area contributed by atoms with Crippen molar-refractivity contribution in [3.05, 3.63) is 35.1 Å². The van der Waals surface area contributed by atoms with E-state index in [1.807, 2.05) is 6.92 Å². The molecular formula is C11H9FO2. The van der Waals surface area contributed by atoms with E-state index in [9.17, 15) is 9.18 Å². The molecule has 14 heavy (non-hydrogen) atoms. The quantitative estimate of drug-likeness (QED) is 0.461. The molecule has 0 spiro atoms. The van der Waals surface area contributed by atoms with E-state index in [0.29, 0.717) is 0 Å². The summed E-state index contributed by atoms with van der Waals surface area (Å²) in [5.41, 5.74) is 1.09. The van der Waals surface area contributed by atoms with Crippen molar-refractivity contribution in [2.75, 3.05) is 7.11 Å². The molecule has 0 atom stereocenters. The zero-order valence-corrected chi connectivity index (χ0v) is 7.93. The van der Waals surface area contributed by atoms with Crippen LogP contribution in [0, 0.1) is 24.6 Å². The Balaban J connectivity index is 3.00. The molecule has 72 valence electrons. The SMILES string of the molecule is COC(=O)C#Cc1cc(C)ccc1F. The predicted octanol–water partition coefficient (Wildman–Crippen LogP) is 1.66. The van der Waals surface area contributed by atoms with Crippen LogP contribution in [0.25, 0.3) is 0 Å². The summed E-state index contributed by atoms with van der Waals surface area (Å²) in [5, 5.41) is 0. The molecule has 0 bridgehead atoms. The minimum absolute atomic E-state index is 0.204. The maximum atomic E-state index is 13.1. The molecule has 0 radical (unpaired) electrons. The molecule has 0 aromatic heterocycles. The number of carbonyl (C=O) groups excluding carboxylic acids is 1. The Hall–Kier alpha value is -1.82. The molecule has 0 fully saturated rings. The summed E-state index contributed by atoms with van der Waals surface area (Å²) in [4.78, 5) is 10.7. The Morgan fingerprint density at radius 3 is 2.86 bits per heavy atom. The van der Waals surface area contributed by atoms with Gasteiger partial charge in [-0.2, -0.15) is 0 Å². The summed E-state index contributed by atoms with van der Waals surface area (Å²) in [6, 6.07) is 4.53. The van der Waals surface area contributed by atoms with E-state index >= 15 is 0 Å². The molecule has 0 saturated heterocycles. The molecule has 0 saturated carbocycles.